The number of rotatable bonds is 4. The van der Waals surface area contributed by atoms with Gasteiger partial charge in [0.1, 0.15) is 0 Å². The molecule has 17 heavy (non-hydrogen) atoms. The molecular formula is C13H19ClN2O. The van der Waals surface area contributed by atoms with E-state index in [1.165, 1.54) is 0 Å². The molecule has 1 amide bonds. The van der Waals surface area contributed by atoms with Gasteiger partial charge in [0.2, 0.25) is 5.91 Å². The molecule has 0 saturated carbocycles. The Kier molecular flexibility index (Phi) is 4.97. The maximum atomic E-state index is 11.8. The van der Waals surface area contributed by atoms with Crippen molar-refractivity contribution in [3.8, 4) is 0 Å². The number of hydrogen-bond donors (Lipinski definition) is 1. The van der Waals surface area contributed by atoms with Gasteiger partial charge in [0, 0.05) is 6.04 Å². The van der Waals surface area contributed by atoms with Crippen molar-refractivity contribution in [2.45, 2.75) is 26.8 Å². The van der Waals surface area contributed by atoms with Crippen LogP contribution in [-0.2, 0) is 4.79 Å². The highest BCUT2D eigenvalue weighted by Gasteiger charge is 2.10. The van der Waals surface area contributed by atoms with Crippen LogP contribution in [0.4, 0.5) is 5.69 Å². The Morgan fingerprint density at radius 2 is 2.12 bits per heavy atom. The molecule has 0 bridgehead atoms. The van der Waals surface area contributed by atoms with Gasteiger partial charge in [-0.1, -0.05) is 17.7 Å². The highest BCUT2D eigenvalue weighted by Crippen LogP contribution is 2.22. The quantitative estimate of drug-likeness (QED) is 0.896. The minimum Gasteiger partial charge on any atom is -0.324 e. The summed E-state index contributed by atoms with van der Waals surface area (Å²) in [5.41, 5.74) is 1.74. The Morgan fingerprint density at radius 3 is 2.65 bits per heavy atom. The molecule has 4 heteroatoms. The van der Waals surface area contributed by atoms with Crippen LogP contribution in [-0.4, -0.2) is 30.4 Å². The maximum absolute atomic E-state index is 11.8. The second-order valence-corrected chi connectivity index (χ2v) is 4.95. The van der Waals surface area contributed by atoms with Crippen LogP contribution >= 0.6 is 11.6 Å². The number of anilines is 1. The molecule has 94 valence electrons. The lowest BCUT2D eigenvalue weighted by molar-refractivity contribution is -0.117. The first-order valence-corrected chi connectivity index (χ1v) is 6.04. The summed E-state index contributed by atoms with van der Waals surface area (Å²) in [6.07, 6.45) is 0. The second-order valence-electron chi connectivity index (χ2n) is 4.54. The molecule has 3 nitrogen and oxygen atoms in total. The molecular weight excluding hydrogens is 236 g/mol. The third-order valence-corrected chi connectivity index (χ3v) is 2.99. The number of aryl methyl sites for hydroxylation is 1. The molecule has 0 saturated heterocycles. The second kappa shape index (κ2) is 6.03. The van der Waals surface area contributed by atoms with Gasteiger partial charge in [-0.2, -0.15) is 0 Å². The first-order valence-electron chi connectivity index (χ1n) is 5.66. The SMILES string of the molecule is Cc1ccc(NC(=O)CN(C)C(C)C)c(Cl)c1. The maximum Gasteiger partial charge on any atom is 0.238 e. The van der Waals surface area contributed by atoms with Gasteiger partial charge in [-0.05, 0) is 45.5 Å². The number of likely N-dealkylation sites (N-methyl/N-ethyl adjacent to an activating group) is 1. The zero-order valence-electron chi connectivity index (χ0n) is 10.7. The van der Waals surface area contributed by atoms with Crippen LogP contribution in [0, 0.1) is 6.92 Å². The lowest BCUT2D eigenvalue weighted by Gasteiger charge is -2.20. The van der Waals surface area contributed by atoms with E-state index in [0.29, 0.717) is 23.3 Å². The van der Waals surface area contributed by atoms with Crippen LogP contribution in [0.2, 0.25) is 5.02 Å². The van der Waals surface area contributed by atoms with Gasteiger partial charge in [0.15, 0.2) is 0 Å². The number of halogens is 1. The summed E-state index contributed by atoms with van der Waals surface area (Å²) >= 11 is 6.04. The number of amides is 1. The van der Waals surface area contributed by atoms with Crippen molar-refractivity contribution in [2.75, 3.05) is 18.9 Å². The summed E-state index contributed by atoms with van der Waals surface area (Å²) in [5, 5.41) is 3.39. The van der Waals surface area contributed by atoms with Crippen molar-refractivity contribution in [1.29, 1.82) is 0 Å². The van der Waals surface area contributed by atoms with Crippen LogP contribution in [0.15, 0.2) is 18.2 Å². The van der Waals surface area contributed by atoms with Crippen molar-refractivity contribution < 1.29 is 4.79 Å². The monoisotopic (exact) mass is 254 g/mol. The molecule has 1 aromatic carbocycles. The molecule has 0 radical (unpaired) electrons. The predicted molar refractivity (Wildman–Crippen MR) is 72.6 cm³/mol. The van der Waals surface area contributed by atoms with E-state index in [9.17, 15) is 4.79 Å². The van der Waals surface area contributed by atoms with E-state index in [1.807, 2.05) is 50.9 Å². The summed E-state index contributed by atoms with van der Waals surface area (Å²) in [6, 6.07) is 5.93. The minimum absolute atomic E-state index is 0.0491. The van der Waals surface area contributed by atoms with Crippen molar-refractivity contribution in [2.24, 2.45) is 0 Å². The van der Waals surface area contributed by atoms with Gasteiger partial charge >= 0.3 is 0 Å². The van der Waals surface area contributed by atoms with Gasteiger partial charge in [-0.25, -0.2) is 0 Å². The largest absolute Gasteiger partial charge is 0.324 e. The van der Waals surface area contributed by atoms with Gasteiger partial charge in [-0.3, -0.25) is 9.69 Å². The summed E-state index contributed by atoms with van der Waals surface area (Å²) in [4.78, 5) is 13.7. The topological polar surface area (TPSA) is 32.3 Å². The normalized spacial score (nSPS) is 11.0. The van der Waals surface area contributed by atoms with E-state index in [0.717, 1.165) is 5.56 Å². The molecule has 0 aromatic heterocycles. The van der Waals surface area contributed by atoms with E-state index < -0.39 is 0 Å². The molecule has 0 unspecified atom stereocenters. The Balaban J connectivity index is 2.62. The van der Waals surface area contributed by atoms with Gasteiger partial charge in [0.05, 0.1) is 17.3 Å². The number of carbonyl (C=O) groups excluding carboxylic acids is 1. The molecule has 1 N–H and O–H groups in total. The fraction of sp³-hybridized carbons (Fsp3) is 0.462. The Hall–Kier alpha value is -1.06. The van der Waals surface area contributed by atoms with Gasteiger partial charge in [0.25, 0.3) is 0 Å². The predicted octanol–water partition coefficient (Wildman–Crippen LogP) is 2.93. The number of hydrogen-bond acceptors (Lipinski definition) is 2. The smallest absolute Gasteiger partial charge is 0.238 e. The van der Waals surface area contributed by atoms with E-state index in [-0.39, 0.29) is 5.91 Å². The highest BCUT2D eigenvalue weighted by molar-refractivity contribution is 6.33. The molecule has 0 heterocycles. The first kappa shape index (κ1) is 14.0. The summed E-state index contributed by atoms with van der Waals surface area (Å²) in [7, 11) is 1.92. The van der Waals surface area contributed by atoms with E-state index in [2.05, 4.69) is 5.32 Å². The molecule has 0 aliphatic carbocycles. The zero-order valence-corrected chi connectivity index (χ0v) is 11.5. The average molecular weight is 255 g/mol. The number of nitrogens with one attached hydrogen (secondary N) is 1. The average Bonchev–Trinajstić information content (AvgIpc) is 2.22. The fourth-order valence-electron chi connectivity index (χ4n) is 1.32. The standard InChI is InChI=1S/C13H19ClN2O/c1-9(2)16(4)8-13(17)15-12-6-5-10(3)7-11(12)14/h5-7,9H,8H2,1-4H3,(H,15,17). The minimum atomic E-state index is -0.0491. The summed E-state index contributed by atoms with van der Waals surface area (Å²) in [6.45, 7) is 6.42. The molecule has 1 aromatic rings. The summed E-state index contributed by atoms with van der Waals surface area (Å²) < 4.78 is 0. The van der Waals surface area contributed by atoms with Gasteiger partial charge < -0.3 is 5.32 Å². The molecule has 0 fully saturated rings. The summed E-state index contributed by atoms with van der Waals surface area (Å²) in [5.74, 6) is -0.0491. The fourth-order valence-corrected chi connectivity index (χ4v) is 1.60. The van der Waals surface area contributed by atoms with E-state index in [4.69, 9.17) is 11.6 Å². The highest BCUT2D eigenvalue weighted by atomic mass is 35.5. The van der Waals surface area contributed by atoms with Crippen LogP contribution in [0.3, 0.4) is 0 Å². The molecule has 0 aliphatic rings. The molecule has 0 spiro atoms. The van der Waals surface area contributed by atoms with Crippen LogP contribution in [0.25, 0.3) is 0 Å². The number of nitrogens with zero attached hydrogens (tertiary/aromatic N) is 1. The Morgan fingerprint density at radius 1 is 1.47 bits per heavy atom. The lowest BCUT2D eigenvalue weighted by Crippen LogP contribution is -2.34. The van der Waals surface area contributed by atoms with Gasteiger partial charge in [-0.15, -0.1) is 0 Å². The lowest BCUT2D eigenvalue weighted by atomic mass is 10.2. The third-order valence-electron chi connectivity index (χ3n) is 2.67. The van der Waals surface area contributed by atoms with Crippen molar-refractivity contribution in [3.05, 3.63) is 28.8 Å². The number of carbonyl (C=O) groups is 1. The van der Waals surface area contributed by atoms with Crippen LogP contribution < -0.4 is 5.32 Å². The van der Waals surface area contributed by atoms with Crippen molar-refractivity contribution in [3.63, 3.8) is 0 Å². The van der Waals surface area contributed by atoms with Crippen LogP contribution in [0.1, 0.15) is 19.4 Å². The zero-order chi connectivity index (χ0) is 13.0. The van der Waals surface area contributed by atoms with Crippen LogP contribution in [0.5, 0.6) is 0 Å². The first-order chi connectivity index (χ1) is 7.90. The molecule has 1 rings (SSSR count). The van der Waals surface area contributed by atoms with Crippen molar-refractivity contribution in [1.82, 2.24) is 4.90 Å². The molecule has 0 aliphatic heterocycles. The Labute approximate surface area is 108 Å². The van der Waals surface area contributed by atoms with E-state index >= 15 is 0 Å². The number of benzene rings is 1. The van der Waals surface area contributed by atoms with E-state index in [1.54, 1.807) is 0 Å². The van der Waals surface area contributed by atoms with Crippen molar-refractivity contribution >= 4 is 23.2 Å². The Bertz CT molecular complexity index is 404. The molecule has 0 atom stereocenters. The third kappa shape index (κ3) is 4.36.